The molecule has 0 aromatic heterocycles. The summed E-state index contributed by atoms with van der Waals surface area (Å²) in [5, 5.41) is 2.78. The number of carbonyl (C=O) groups excluding carboxylic acids is 1. The second kappa shape index (κ2) is 6.47. The van der Waals surface area contributed by atoms with E-state index in [4.69, 9.17) is 9.47 Å². The van der Waals surface area contributed by atoms with Gasteiger partial charge >= 0.3 is 0 Å². The maximum atomic E-state index is 13.0. The van der Waals surface area contributed by atoms with E-state index < -0.39 is 5.82 Å². The second-order valence-corrected chi connectivity index (χ2v) is 5.06. The van der Waals surface area contributed by atoms with Crippen LogP contribution in [0.1, 0.15) is 11.1 Å². The zero-order valence-corrected chi connectivity index (χ0v) is 12.0. The van der Waals surface area contributed by atoms with Gasteiger partial charge in [0.15, 0.2) is 6.61 Å². The number of amides is 1. The first-order chi connectivity index (χ1) is 10.7. The topological polar surface area (TPSA) is 47.6 Å². The first-order valence-corrected chi connectivity index (χ1v) is 7.10. The maximum Gasteiger partial charge on any atom is 0.258 e. The van der Waals surface area contributed by atoms with E-state index >= 15 is 0 Å². The Labute approximate surface area is 127 Å². The third-order valence-corrected chi connectivity index (χ3v) is 3.41. The molecular formula is C17H16FNO3. The zero-order chi connectivity index (χ0) is 15.4. The van der Waals surface area contributed by atoms with Crippen molar-refractivity contribution in [2.75, 3.05) is 13.2 Å². The van der Waals surface area contributed by atoms with E-state index in [1.807, 2.05) is 18.2 Å². The summed E-state index contributed by atoms with van der Waals surface area (Å²) in [4.78, 5) is 11.8. The van der Waals surface area contributed by atoms with Gasteiger partial charge in [0.1, 0.15) is 17.3 Å². The van der Waals surface area contributed by atoms with Crippen molar-refractivity contribution in [3.63, 3.8) is 0 Å². The maximum absolute atomic E-state index is 13.0. The van der Waals surface area contributed by atoms with Crippen molar-refractivity contribution in [3.8, 4) is 11.5 Å². The van der Waals surface area contributed by atoms with Gasteiger partial charge < -0.3 is 14.8 Å². The SMILES string of the molecule is O=C(COc1cccc(F)c1)NCc1ccc2c(c1)CCO2. The molecule has 1 amide bonds. The van der Waals surface area contributed by atoms with Crippen LogP contribution in [0, 0.1) is 5.82 Å². The summed E-state index contributed by atoms with van der Waals surface area (Å²) >= 11 is 0. The Morgan fingerprint density at radius 1 is 1.27 bits per heavy atom. The molecule has 0 saturated heterocycles. The summed E-state index contributed by atoms with van der Waals surface area (Å²) in [5.74, 6) is 0.619. The van der Waals surface area contributed by atoms with Crippen LogP contribution in [-0.4, -0.2) is 19.1 Å². The fourth-order valence-corrected chi connectivity index (χ4v) is 2.31. The Bertz CT molecular complexity index is 687. The summed E-state index contributed by atoms with van der Waals surface area (Å²) in [6, 6.07) is 11.6. The molecule has 0 atom stereocenters. The molecule has 114 valence electrons. The standard InChI is InChI=1S/C17H16FNO3/c18-14-2-1-3-15(9-14)22-11-17(20)19-10-12-4-5-16-13(8-12)6-7-21-16/h1-5,8-9H,6-7,10-11H2,(H,19,20). The molecule has 0 spiro atoms. The summed E-state index contributed by atoms with van der Waals surface area (Å²) in [7, 11) is 0. The van der Waals surface area contributed by atoms with Crippen LogP contribution in [0.2, 0.25) is 0 Å². The van der Waals surface area contributed by atoms with E-state index in [2.05, 4.69) is 5.32 Å². The Hall–Kier alpha value is -2.56. The van der Waals surface area contributed by atoms with Gasteiger partial charge in [0, 0.05) is 19.0 Å². The molecule has 0 saturated carbocycles. The molecule has 1 N–H and O–H groups in total. The molecule has 0 unspecified atom stereocenters. The molecule has 1 aliphatic rings. The molecule has 0 bridgehead atoms. The zero-order valence-electron chi connectivity index (χ0n) is 12.0. The highest BCUT2D eigenvalue weighted by Crippen LogP contribution is 2.25. The highest BCUT2D eigenvalue weighted by atomic mass is 19.1. The van der Waals surface area contributed by atoms with Gasteiger partial charge in [0.2, 0.25) is 0 Å². The smallest absolute Gasteiger partial charge is 0.258 e. The van der Waals surface area contributed by atoms with Crippen LogP contribution in [0.25, 0.3) is 0 Å². The van der Waals surface area contributed by atoms with E-state index in [9.17, 15) is 9.18 Å². The summed E-state index contributed by atoms with van der Waals surface area (Å²) in [6.45, 7) is 1.00. The Kier molecular flexibility index (Phi) is 4.23. The van der Waals surface area contributed by atoms with Crippen molar-refractivity contribution < 1.29 is 18.7 Å². The highest BCUT2D eigenvalue weighted by molar-refractivity contribution is 5.77. The highest BCUT2D eigenvalue weighted by Gasteiger charge is 2.12. The quantitative estimate of drug-likeness (QED) is 0.923. The molecule has 2 aromatic rings. The number of nitrogens with one attached hydrogen (secondary N) is 1. The molecule has 0 aliphatic carbocycles. The van der Waals surface area contributed by atoms with Gasteiger partial charge in [-0.1, -0.05) is 18.2 Å². The third kappa shape index (κ3) is 3.55. The van der Waals surface area contributed by atoms with Gasteiger partial charge in [-0.3, -0.25) is 4.79 Å². The number of rotatable bonds is 5. The van der Waals surface area contributed by atoms with Crippen LogP contribution in [0.5, 0.6) is 11.5 Å². The minimum absolute atomic E-state index is 0.141. The van der Waals surface area contributed by atoms with E-state index in [1.165, 1.54) is 23.8 Å². The van der Waals surface area contributed by atoms with Gasteiger partial charge in [-0.15, -0.1) is 0 Å². The first-order valence-electron chi connectivity index (χ1n) is 7.10. The van der Waals surface area contributed by atoms with Gasteiger partial charge in [0.25, 0.3) is 5.91 Å². The molecule has 1 heterocycles. The predicted octanol–water partition coefficient (Wildman–Crippen LogP) is 2.46. The number of hydrogen-bond donors (Lipinski definition) is 1. The third-order valence-electron chi connectivity index (χ3n) is 3.41. The van der Waals surface area contributed by atoms with Crippen LogP contribution < -0.4 is 14.8 Å². The normalized spacial score (nSPS) is 12.4. The Morgan fingerprint density at radius 2 is 2.18 bits per heavy atom. The molecule has 22 heavy (non-hydrogen) atoms. The lowest BCUT2D eigenvalue weighted by Gasteiger charge is -2.08. The average Bonchev–Trinajstić information content (AvgIpc) is 2.98. The molecule has 5 heteroatoms. The molecule has 3 rings (SSSR count). The minimum Gasteiger partial charge on any atom is -0.493 e. The number of carbonyl (C=O) groups is 1. The molecule has 0 radical (unpaired) electrons. The molecule has 4 nitrogen and oxygen atoms in total. The lowest BCUT2D eigenvalue weighted by Crippen LogP contribution is -2.28. The van der Waals surface area contributed by atoms with Gasteiger partial charge in [-0.05, 0) is 29.3 Å². The molecule has 1 aliphatic heterocycles. The van der Waals surface area contributed by atoms with Crippen molar-refractivity contribution in [2.45, 2.75) is 13.0 Å². The van der Waals surface area contributed by atoms with E-state index in [-0.39, 0.29) is 12.5 Å². The second-order valence-electron chi connectivity index (χ2n) is 5.06. The summed E-state index contributed by atoms with van der Waals surface area (Å²) < 4.78 is 23.7. The molecular weight excluding hydrogens is 285 g/mol. The van der Waals surface area contributed by atoms with Gasteiger partial charge in [0.05, 0.1) is 6.61 Å². The van der Waals surface area contributed by atoms with Gasteiger partial charge in [-0.25, -0.2) is 4.39 Å². The van der Waals surface area contributed by atoms with E-state index in [1.54, 1.807) is 6.07 Å². The van der Waals surface area contributed by atoms with Crippen molar-refractivity contribution in [3.05, 3.63) is 59.4 Å². The number of fused-ring (bicyclic) bond motifs is 1. The lowest BCUT2D eigenvalue weighted by molar-refractivity contribution is -0.123. The predicted molar refractivity (Wildman–Crippen MR) is 79.4 cm³/mol. The van der Waals surface area contributed by atoms with Crippen LogP contribution in [-0.2, 0) is 17.8 Å². The van der Waals surface area contributed by atoms with Crippen LogP contribution in [0.4, 0.5) is 4.39 Å². The van der Waals surface area contributed by atoms with E-state index in [0.29, 0.717) is 18.9 Å². The molecule has 2 aromatic carbocycles. The average molecular weight is 301 g/mol. The van der Waals surface area contributed by atoms with Crippen molar-refractivity contribution in [1.82, 2.24) is 5.32 Å². The fraction of sp³-hybridized carbons (Fsp3) is 0.235. The Morgan fingerprint density at radius 3 is 3.05 bits per heavy atom. The number of benzene rings is 2. The number of halogens is 1. The van der Waals surface area contributed by atoms with Crippen LogP contribution in [0.3, 0.4) is 0 Å². The summed E-state index contributed by atoms with van der Waals surface area (Å²) in [5.41, 5.74) is 2.19. The molecule has 0 fully saturated rings. The summed E-state index contributed by atoms with van der Waals surface area (Å²) in [6.07, 6.45) is 0.903. The minimum atomic E-state index is -0.390. The Balaban J connectivity index is 1.48. The van der Waals surface area contributed by atoms with Crippen molar-refractivity contribution in [1.29, 1.82) is 0 Å². The first kappa shape index (κ1) is 14.4. The lowest BCUT2D eigenvalue weighted by atomic mass is 10.1. The van der Waals surface area contributed by atoms with Crippen molar-refractivity contribution in [2.24, 2.45) is 0 Å². The van der Waals surface area contributed by atoms with Crippen LogP contribution >= 0.6 is 0 Å². The van der Waals surface area contributed by atoms with Gasteiger partial charge in [-0.2, -0.15) is 0 Å². The largest absolute Gasteiger partial charge is 0.493 e. The fourth-order valence-electron chi connectivity index (χ4n) is 2.31. The number of hydrogen-bond acceptors (Lipinski definition) is 3. The van der Waals surface area contributed by atoms with Crippen LogP contribution in [0.15, 0.2) is 42.5 Å². The number of ether oxygens (including phenoxy) is 2. The van der Waals surface area contributed by atoms with E-state index in [0.717, 1.165) is 17.7 Å². The monoisotopic (exact) mass is 301 g/mol. The van der Waals surface area contributed by atoms with Crippen molar-refractivity contribution >= 4 is 5.91 Å².